The summed E-state index contributed by atoms with van der Waals surface area (Å²) < 4.78 is 26.7. The second kappa shape index (κ2) is 8.86. The van der Waals surface area contributed by atoms with E-state index in [0.717, 1.165) is 23.2 Å². The predicted octanol–water partition coefficient (Wildman–Crippen LogP) is 2.69. The number of fused-ring (bicyclic) bond motifs is 3. The summed E-state index contributed by atoms with van der Waals surface area (Å²) in [5.41, 5.74) is 2.94. The van der Waals surface area contributed by atoms with Crippen LogP contribution in [0.1, 0.15) is 60.1 Å². The number of carbonyl (C=O) groups is 2. The van der Waals surface area contributed by atoms with Gasteiger partial charge in [-0.3, -0.25) is 14.5 Å². The van der Waals surface area contributed by atoms with Crippen LogP contribution in [0.3, 0.4) is 0 Å². The van der Waals surface area contributed by atoms with Crippen molar-refractivity contribution in [2.75, 3.05) is 26.4 Å². The van der Waals surface area contributed by atoms with E-state index in [1.165, 1.54) is 40.8 Å². The Morgan fingerprint density at radius 2 is 1.94 bits per heavy atom. The highest BCUT2D eigenvalue weighted by Crippen LogP contribution is 2.35. The van der Waals surface area contributed by atoms with Gasteiger partial charge in [-0.15, -0.1) is 0 Å². The molecule has 2 aliphatic rings. The molecule has 174 valence electrons. The Bertz CT molecular complexity index is 1150. The van der Waals surface area contributed by atoms with Gasteiger partial charge in [0, 0.05) is 62.2 Å². The zero-order valence-electron chi connectivity index (χ0n) is 18.7. The lowest BCUT2D eigenvalue weighted by atomic mass is 10.0. The summed E-state index contributed by atoms with van der Waals surface area (Å²) in [6.07, 6.45) is 7.15. The maximum absolute atomic E-state index is 13.0. The zero-order chi connectivity index (χ0) is 23.0. The molecule has 2 aromatic rings. The van der Waals surface area contributed by atoms with Crippen molar-refractivity contribution in [3.63, 3.8) is 0 Å². The van der Waals surface area contributed by atoms with Crippen LogP contribution in [-0.2, 0) is 27.8 Å². The topological polar surface area (TPSA) is 99.9 Å². The van der Waals surface area contributed by atoms with Crippen LogP contribution in [-0.4, -0.2) is 71.6 Å². The van der Waals surface area contributed by atoms with E-state index >= 15 is 0 Å². The highest BCUT2D eigenvalue weighted by atomic mass is 32.2. The number of rotatable bonds is 7. The average Bonchev–Trinajstić information content (AvgIpc) is 3.37. The molecule has 8 nitrogen and oxygen atoms in total. The third kappa shape index (κ3) is 4.41. The third-order valence-electron chi connectivity index (χ3n) is 6.78. The summed E-state index contributed by atoms with van der Waals surface area (Å²) in [4.78, 5) is 27.7. The van der Waals surface area contributed by atoms with Gasteiger partial charge in [0.1, 0.15) is 0 Å². The molecule has 1 aromatic heterocycles. The van der Waals surface area contributed by atoms with Crippen LogP contribution in [0.25, 0.3) is 10.9 Å². The number of carboxylic acids is 1. The van der Waals surface area contributed by atoms with Crippen molar-refractivity contribution in [3.8, 4) is 0 Å². The Kier molecular flexibility index (Phi) is 6.31. The molecule has 1 N–H and O–H groups in total. The van der Waals surface area contributed by atoms with E-state index in [1.54, 1.807) is 19.2 Å². The summed E-state index contributed by atoms with van der Waals surface area (Å²) in [7, 11) is -1.83. The highest BCUT2D eigenvalue weighted by Gasteiger charge is 2.32. The number of nitrogens with zero attached hydrogens (tertiary/aromatic N) is 3. The highest BCUT2D eigenvalue weighted by molar-refractivity contribution is 7.89. The molecule has 0 saturated heterocycles. The quantitative estimate of drug-likeness (QED) is 0.681. The van der Waals surface area contributed by atoms with Gasteiger partial charge in [0.2, 0.25) is 10.0 Å². The average molecular weight is 462 g/mol. The monoisotopic (exact) mass is 461 g/mol. The fourth-order valence-electron chi connectivity index (χ4n) is 5.22. The Labute approximate surface area is 188 Å². The van der Waals surface area contributed by atoms with Crippen LogP contribution >= 0.6 is 0 Å². The number of carboxylic acid groups (broad SMARTS) is 1. The van der Waals surface area contributed by atoms with Crippen molar-refractivity contribution in [1.82, 2.24) is 13.8 Å². The Morgan fingerprint density at radius 1 is 1.22 bits per heavy atom. The number of carbonyl (C=O) groups excluding carboxylic acids is 1. The molecular formula is C23H31N3O5S. The van der Waals surface area contributed by atoms with E-state index in [1.807, 2.05) is 6.07 Å². The van der Waals surface area contributed by atoms with Gasteiger partial charge in [-0.1, -0.05) is 12.8 Å². The molecule has 0 unspecified atom stereocenters. The number of aromatic nitrogens is 1. The largest absolute Gasteiger partial charge is 0.481 e. The van der Waals surface area contributed by atoms with Crippen molar-refractivity contribution < 1.29 is 23.1 Å². The van der Waals surface area contributed by atoms with E-state index < -0.39 is 16.0 Å². The normalized spacial score (nSPS) is 17.6. The first-order valence-corrected chi connectivity index (χ1v) is 13.1. The molecule has 1 aromatic carbocycles. The van der Waals surface area contributed by atoms with Crippen molar-refractivity contribution >= 4 is 32.8 Å². The Balaban J connectivity index is 1.70. The van der Waals surface area contributed by atoms with Gasteiger partial charge in [-0.05, 0) is 43.0 Å². The second-order valence-corrected chi connectivity index (χ2v) is 10.9. The summed E-state index contributed by atoms with van der Waals surface area (Å²) in [6.45, 7) is 1.90. The summed E-state index contributed by atoms with van der Waals surface area (Å²) >= 11 is 0. The molecule has 0 spiro atoms. The van der Waals surface area contributed by atoms with Gasteiger partial charge in [0.25, 0.3) is 5.91 Å². The summed E-state index contributed by atoms with van der Waals surface area (Å²) in [6, 6.07) is 5.75. The van der Waals surface area contributed by atoms with E-state index in [2.05, 4.69) is 4.90 Å². The molecule has 0 atom stereocenters. The van der Waals surface area contributed by atoms with E-state index in [9.17, 15) is 18.0 Å². The fourth-order valence-corrected chi connectivity index (χ4v) is 6.34. The van der Waals surface area contributed by atoms with Crippen LogP contribution in [0.5, 0.6) is 0 Å². The molecular weight excluding hydrogens is 430 g/mol. The predicted molar refractivity (Wildman–Crippen MR) is 122 cm³/mol. The van der Waals surface area contributed by atoms with Crippen LogP contribution < -0.4 is 0 Å². The SMILES string of the molecule is CN(CCCC(=O)O)C(=O)c1ccc2c(c1)c1c(n2S(C)(=O)=O)CCN(C2CCCC2)C1. The minimum absolute atomic E-state index is 0.0123. The van der Waals surface area contributed by atoms with E-state index in [4.69, 9.17) is 5.11 Å². The number of aliphatic carboxylic acids is 1. The van der Waals surface area contributed by atoms with Crippen LogP contribution in [0.15, 0.2) is 18.2 Å². The first kappa shape index (κ1) is 22.8. The zero-order valence-corrected chi connectivity index (χ0v) is 19.5. The lowest BCUT2D eigenvalue weighted by molar-refractivity contribution is -0.137. The van der Waals surface area contributed by atoms with Crippen molar-refractivity contribution in [3.05, 3.63) is 35.0 Å². The van der Waals surface area contributed by atoms with Crippen LogP contribution in [0, 0.1) is 0 Å². The third-order valence-corrected chi connectivity index (χ3v) is 7.86. The van der Waals surface area contributed by atoms with Crippen LogP contribution in [0.4, 0.5) is 0 Å². The molecule has 1 aliphatic carbocycles. The van der Waals surface area contributed by atoms with Gasteiger partial charge >= 0.3 is 5.97 Å². The maximum Gasteiger partial charge on any atom is 0.303 e. The lowest BCUT2D eigenvalue weighted by Crippen LogP contribution is -2.38. The minimum atomic E-state index is -3.49. The summed E-state index contributed by atoms with van der Waals surface area (Å²) in [5.74, 6) is -1.07. The molecule has 0 radical (unpaired) electrons. The first-order valence-electron chi connectivity index (χ1n) is 11.2. The van der Waals surface area contributed by atoms with Crippen molar-refractivity contribution in [2.45, 2.75) is 57.5 Å². The molecule has 2 heterocycles. The standard InChI is InChI=1S/C23H31N3O5S/c1-24(12-5-8-22(27)28)23(29)16-9-10-20-18(14-16)19-15-25(17-6-3-4-7-17)13-11-21(19)26(20)32(2,30)31/h9-10,14,17H,3-8,11-13,15H2,1-2H3,(H,27,28). The van der Waals surface area contributed by atoms with Gasteiger partial charge in [-0.2, -0.15) is 0 Å². The first-order chi connectivity index (χ1) is 15.2. The Morgan fingerprint density at radius 3 is 2.59 bits per heavy atom. The lowest BCUT2D eigenvalue weighted by Gasteiger charge is -2.32. The van der Waals surface area contributed by atoms with Gasteiger partial charge in [0.05, 0.1) is 11.8 Å². The smallest absolute Gasteiger partial charge is 0.303 e. The maximum atomic E-state index is 13.0. The fraction of sp³-hybridized carbons (Fsp3) is 0.565. The van der Waals surface area contributed by atoms with Crippen LogP contribution in [0.2, 0.25) is 0 Å². The number of hydrogen-bond acceptors (Lipinski definition) is 5. The van der Waals surface area contributed by atoms with Crippen molar-refractivity contribution in [2.24, 2.45) is 0 Å². The van der Waals surface area contributed by atoms with Gasteiger partial charge in [0.15, 0.2) is 0 Å². The Hall–Kier alpha value is -2.39. The number of amides is 1. The number of benzene rings is 1. The molecule has 1 amide bonds. The number of hydrogen-bond donors (Lipinski definition) is 1. The summed E-state index contributed by atoms with van der Waals surface area (Å²) in [5, 5.41) is 9.64. The second-order valence-electron chi connectivity index (χ2n) is 9.07. The molecule has 1 aliphatic heterocycles. The van der Waals surface area contributed by atoms with Gasteiger partial charge < -0.3 is 10.0 Å². The van der Waals surface area contributed by atoms with Crippen molar-refractivity contribution in [1.29, 1.82) is 0 Å². The molecule has 32 heavy (non-hydrogen) atoms. The van der Waals surface area contributed by atoms with E-state index in [-0.39, 0.29) is 12.3 Å². The van der Waals surface area contributed by atoms with E-state index in [0.29, 0.717) is 43.1 Å². The molecule has 1 saturated carbocycles. The van der Waals surface area contributed by atoms with Gasteiger partial charge in [-0.25, -0.2) is 12.4 Å². The molecule has 0 bridgehead atoms. The molecule has 9 heteroatoms. The minimum Gasteiger partial charge on any atom is -0.481 e. The molecule has 4 rings (SSSR count). The molecule has 1 fully saturated rings.